The fourth-order valence-corrected chi connectivity index (χ4v) is 3.62. The molecule has 2 heterocycles. The third-order valence-electron chi connectivity index (χ3n) is 3.28. The summed E-state index contributed by atoms with van der Waals surface area (Å²) >= 11 is 0. The largest absolute Gasteiger partial charge is 0.389 e. The number of hydrogen-bond acceptors (Lipinski definition) is 5. The summed E-state index contributed by atoms with van der Waals surface area (Å²) in [6, 6.07) is -0.511. The second-order valence-corrected chi connectivity index (χ2v) is 6.25. The zero-order valence-corrected chi connectivity index (χ0v) is 11.9. The van der Waals surface area contributed by atoms with Crippen molar-refractivity contribution in [1.82, 2.24) is 14.5 Å². The lowest BCUT2D eigenvalue weighted by atomic mass is 10.1. The number of aromatic nitrogens is 2. The minimum Gasteiger partial charge on any atom is -0.389 e. The van der Waals surface area contributed by atoms with Crippen molar-refractivity contribution < 1.29 is 18.3 Å². The maximum absolute atomic E-state index is 12.3. The van der Waals surface area contributed by atoms with Crippen LogP contribution >= 0.6 is 0 Å². The number of hydrogen-bond donors (Lipinski definition) is 2. The van der Waals surface area contributed by atoms with Gasteiger partial charge in [-0.25, -0.2) is 13.1 Å². The van der Waals surface area contributed by atoms with Crippen molar-refractivity contribution in [3.63, 3.8) is 0 Å². The molecular formula is C11H19N3O4S. The van der Waals surface area contributed by atoms with Crippen molar-refractivity contribution in [3.8, 4) is 0 Å². The van der Waals surface area contributed by atoms with E-state index >= 15 is 0 Å². The minimum atomic E-state index is -3.66. The number of rotatable bonds is 4. The highest BCUT2D eigenvalue weighted by atomic mass is 32.2. The second kappa shape index (κ2) is 5.58. The van der Waals surface area contributed by atoms with Crippen LogP contribution in [0.15, 0.2) is 11.1 Å². The standard InChI is InChI=1S/C11H19N3O4S/c1-3-14-8(2)11(6-12-14)19(16,17)13-9-4-5-18-7-10(9)15/h6,9-10,13,15H,3-5,7H2,1-2H3/t9-,10-/m1/s1. The molecule has 19 heavy (non-hydrogen) atoms. The zero-order chi connectivity index (χ0) is 14.0. The Hall–Kier alpha value is -0.960. The fraction of sp³-hybridized carbons (Fsp3) is 0.727. The predicted molar refractivity (Wildman–Crippen MR) is 68.2 cm³/mol. The van der Waals surface area contributed by atoms with Gasteiger partial charge in [0.1, 0.15) is 4.90 Å². The lowest BCUT2D eigenvalue weighted by Gasteiger charge is -2.28. The van der Waals surface area contributed by atoms with E-state index in [1.54, 1.807) is 11.6 Å². The van der Waals surface area contributed by atoms with Crippen LogP contribution in [0.4, 0.5) is 0 Å². The number of nitrogens with one attached hydrogen (secondary N) is 1. The highest BCUT2D eigenvalue weighted by Gasteiger charge is 2.30. The molecule has 108 valence electrons. The lowest BCUT2D eigenvalue weighted by Crippen LogP contribution is -2.48. The lowest BCUT2D eigenvalue weighted by molar-refractivity contribution is -0.0222. The first-order valence-electron chi connectivity index (χ1n) is 6.26. The number of aryl methyl sites for hydroxylation is 1. The molecule has 2 rings (SSSR count). The van der Waals surface area contributed by atoms with Gasteiger partial charge in [-0.3, -0.25) is 4.68 Å². The molecule has 0 amide bonds. The Balaban J connectivity index is 2.20. The molecule has 7 nitrogen and oxygen atoms in total. The van der Waals surface area contributed by atoms with Gasteiger partial charge in [0.25, 0.3) is 0 Å². The first-order chi connectivity index (χ1) is 8.95. The van der Waals surface area contributed by atoms with Crippen LogP contribution < -0.4 is 4.72 Å². The average molecular weight is 289 g/mol. The number of sulfonamides is 1. The van der Waals surface area contributed by atoms with Gasteiger partial charge in [0.05, 0.1) is 30.6 Å². The number of nitrogens with zero attached hydrogens (tertiary/aromatic N) is 2. The van der Waals surface area contributed by atoms with Crippen LogP contribution in [0.2, 0.25) is 0 Å². The Morgan fingerprint density at radius 3 is 2.95 bits per heavy atom. The molecule has 0 unspecified atom stereocenters. The third-order valence-corrected chi connectivity index (χ3v) is 4.87. The van der Waals surface area contributed by atoms with Crippen LogP contribution in [0, 0.1) is 6.92 Å². The Morgan fingerprint density at radius 2 is 2.37 bits per heavy atom. The molecule has 0 spiro atoms. The van der Waals surface area contributed by atoms with Crippen molar-refractivity contribution in [3.05, 3.63) is 11.9 Å². The van der Waals surface area contributed by atoms with E-state index in [0.29, 0.717) is 25.3 Å². The number of aliphatic hydroxyl groups excluding tert-OH is 1. The quantitative estimate of drug-likeness (QED) is 0.789. The summed E-state index contributed by atoms with van der Waals surface area (Å²) < 4.78 is 33.8. The molecule has 1 aromatic heterocycles. The molecule has 1 aliphatic heterocycles. The summed E-state index contributed by atoms with van der Waals surface area (Å²) in [6.07, 6.45) is 0.985. The maximum Gasteiger partial charge on any atom is 0.244 e. The van der Waals surface area contributed by atoms with Crippen molar-refractivity contribution in [2.24, 2.45) is 0 Å². The Kier molecular flexibility index (Phi) is 4.24. The van der Waals surface area contributed by atoms with E-state index in [-0.39, 0.29) is 11.5 Å². The summed E-state index contributed by atoms with van der Waals surface area (Å²) in [4.78, 5) is 0.160. The van der Waals surface area contributed by atoms with Crippen LogP contribution in [-0.2, 0) is 21.3 Å². The summed E-state index contributed by atoms with van der Waals surface area (Å²) in [5.41, 5.74) is 0.594. The molecule has 2 N–H and O–H groups in total. The molecule has 0 radical (unpaired) electrons. The van der Waals surface area contributed by atoms with E-state index < -0.39 is 22.2 Å². The van der Waals surface area contributed by atoms with Crippen LogP contribution in [0.5, 0.6) is 0 Å². The molecular weight excluding hydrogens is 270 g/mol. The Labute approximate surface area is 112 Å². The molecule has 1 aliphatic rings. The van der Waals surface area contributed by atoms with Gasteiger partial charge < -0.3 is 9.84 Å². The number of ether oxygens (including phenoxy) is 1. The van der Waals surface area contributed by atoms with Gasteiger partial charge in [-0.15, -0.1) is 0 Å². The van der Waals surface area contributed by atoms with Gasteiger partial charge in [0.15, 0.2) is 0 Å². The molecule has 1 fully saturated rings. The van der Waals surface area contributed by atoms with Crippen molar-refractivity contribution in [2.75, 3.05) is 13.2 Å². The zero-order valence-electron chi connectivity index (χ0n) is 11.0. The van der Waals surface area contributed by atoms with Crippen LogP contribution in [0.3, 0.4) is 0 Å². The summed E-state index contributed by atoms with van der Waals surface area (Å²) in [6.45, 7) is 4.82. The highest BCUT2D eigenvalue weighted by Crippen LogP contribution is 2.17. The summed E-state index contributed by atoms with van der Waals surface area (Å²) in [5.74, 6) is 0. The van der Waals surface area contributed by atoms with E-state index in [0.717, 1.165) is 0 Å². The summed E-state index contributed by atoms with van der Waals surface area (Å²) in [7, 11) is -3.66. The smallest absolute Gasteiger partial charge is 0.244 e. The van der Waals surface area contributed by atoms with Crippen LogP contribution in [0.25, 0.3) is 0 Å². The molecule has 2 atom stereocenters. The number of aliphatic hydroxyl groups is 1. The molecule has 1 aromatic rings. The topological polar surface area (TPSA) is 93.5 Å². The Bertz CT molecular complexity index is 540. The van der Waals surface area contributed by atoms with Gasteiger partial charge in [-0.05, 0) is 20.3 Å². The molecule has 0 bridgehead atoms. The van der Waals surface area contributed by atoms with E-state index in [2.05, 4.69) is 9.82 Å². The van der Waals surface area contributed by atoms with Crippen molar-refractivity contribution in [2.45, 2.75) is 43.9 Å². The maximum atomic E-state index is 12.3. The highest BCUT2D eigenvalue weighted by molar-refractivity contribution is 7.89. The van der Waals surface area contributed by atoms with Gasteiger partial charge >= 0.3 is 0 Å². The van der Waals surface area contributed by atoms with Gasteiger partial charge in [-0.2, -0.15) is 5.10 Å². The third kappa shape index (κ3) is 2.97. The van der Waals surface area contributed by atoms with Crippen molar-refractivity contribution in [1.29, 1.82) is 0 Å². The molecule has 0 saturated carbocycles. The SMILES string of the molecule is CCn1ncc(S(=O)(=O)N[C@@H]2CCOC[C@H]2O)c1C. The average Bonchev–Trinajstić information content (AvgIpc) is 2.74. The van der Waals surface area contributed by atoms with Crippen LogP contribution in [0.1, 0.15) is 19.0 Å². The van der Waals surface area contributed by atoms with Crippen LogP contribution in [-0.4, -0.2) is 48.7 Å². The summed E-state index contributed by atoms with van der Waals surface area (Å²) in [5, 5.41) is 13.8. The molecule has 1 saturated heterocycles. The molecule has 8 heteroatoms. The van der Waals surface area contributed by atoms with Gasteiger partial charge in [0, 0.05) is 13.2 Å². The normalized spacial score (nSPS) is 24.6. The van der Waals surface area contributed by atoms with E-state index in [4.69, 9.17) is 4.74 Å². The molecule has 0 aromatic carbocycles. The fourth-order valence-electron chi connectivity index (χ4n) is 2.14. The molecule has 0 aliphatic carbocycles. The van der Waals surface area contributed by atoms with Crippen molar-refractivity contribution >= 4 is 10.0 Å². The van der Waals surface area contributed by atoms with E-state index in [9.17, 15) is 13.5 Å². The first-order valence-corrected chi connectivity index (χ1v) is 7.74. The monoisotopic (exact) mass is 289 g/mol. The first kappa shape index (κ1) is 14.4. The van der Waals surface area contributed by atoms with Gasteiger partial charge in [0.2, 0.25) is 10.0 Å². The van der Waals surface area contributed by atoms with Gasteiger partial charge in [-0.1, -0.05) is 0 Å². The van der Waals surface area contributed by atoms with E-state index in [1.807, 2.05) is 6.92 Å². The second-order valence-electron chi connectivity index (χ2n) is 4.57. The Morgan fingerprint density at radius 1 is 1.63 bits per heavy atom. The minimum absolute atomic E-state index is 0.153. The predicted octanol–water partition coefficient (Wildman–Crippen LogP) is -0.360. The van der Waals surface area contributed by atoms with E-state index in [1.165, 1.54) is 6.20 Å².